The zero-order valence-electron chi connectivity index (χ0n) is 12.1. The Morgan fingerprint density at radius 1 is 1.37 bits per heavy atom. The van der Waals surface area contributed by atoms with E-state index in [1.165, 1.54) is 0 Å². The molecule has 1 fully saturated rings. The van der Waals surface area contributed by atoms with E-state index in [0.717, 1.165) is 45.3 Å². The van der Waals surface area contributed by atoms with Crippen LogP contribution in [-0.4, -0.2) is 43.0 Å². The number of nitrogens with zero attached hydrogens (tertiary/aromatic N) is 1. The van der Waals surface area contributed by atoms with Crippen LogP contribution >= 0.6 is 0 Å². The highest BCUT2D eigenvalue weighted by molar-refractivity contribution is 5.82. The predicted octanol–water partition coefficient (Wildman–Crippen LogP) is 2.82. The molecule has 0 aromatic heterocycles. The van der Waals surface area contributed by atoms with E-state index in [1.807, 2.05) is 19.1 Å². The predicted molar refractivity (Wildman–Crippen MR) is 79.2 cm³/mol. The largest absolute Gasteiger partial charge is 0.376 e. The summed E-state index contributed by atoms with van der Waals surface area (Å²) in [6.45, 7) is 12.6. The minimum atomic E-state index is 0.0118. The van der Waals surface area contributed by atoms with Gasteiger partial charge in [0, 0.05) is 38.6 Å². The Hall–Kier alpha value is -0.930. The molecule has 0 aromatic rings. The van der Waals surface area contributed by atoms with Crippen LogP contribution < -0.4 is 0 Å². The first-order valence-electron chi connectivity index (χ1n) is 7.31. The molecule has 2 unspecified atom stereocenters. The second-order valence-electron chi connectivity index (χ2n) is 5.11. The van der Waals surface area contributed by atoms with Crippen molar-refractivity contribution in [2.45, 2.75) is 38.7 Å². The van der Waals surface area contributed by atoms with Gasteiger partial charge in [-0.05, 0) is 19.8 Å². The molecule has 0 radical (unpaired) electrons. The summed E-state index contributed by atoms with van der Waals surface area (Å²) in [5.74, 6) is 0.452. The third-order valence-corrected chi connectivity index (χ3v) is 3.64. The van der Waals surface area contributed by atoms with Crippen molar-refractivity contribution in [3.8, 4) is 0 Å². The van der Waals surface area contributed by atoms with Gasteiger partial charge in [-0.25, -0.2) is 0 Å². The molecule has 2 atom stereocenters. The SMILES string of the molecule is C=CCN(CC=C)CC(OCC)C1CCCCC1=O. The number of Topliss-reactive ketones (excluding diaryl/α,β-unsaturated/α-hetero) is 1. The van der Waals surface area contributed by atoms with Gasteiger partial charge in [0.15, 0.2) is 0 Å². The lowest BCUT2D eigenvalue weighted by Gasteiger charge is -2.32. The number of carbonyl (C=O) groups is 1. The van der Waals surface area contributed by atoms with E-state index in [2.05, 4.69) is 18.1 Å². The molecule has 0 bridgehead atoms. The van der Waals surface area contributed by atoms with Crippen molar-refractivity contribution in [1.82, 2.24) is 4.90 Å². The van der Waals surface area contributed by atoms with Crippen LogP contribution in [0.3, 0.4) is 0 Å². The molecule has 0 amide bonds. The second-order valence-corrected chi connectivity index (χ2v) is 5.11. The van der Waals surface area contributed by atoms with Crippen LogP contribution in [0.25, 0.3) is 0 Å². The Bertz CT molecular complexity index is 291. The van der Waals surface area contributed by atoms with Gasteiger partial charge in [0.25, 0.3) is 0 Å². The van der Waals surface area contributed by atoms with Gasteiger partial charge in [-0.2, -0.15) is 0 Å². The highest BCUT2D eigenvalue weighted by Crippen LogP contribution is 2.25. The normalized spacial score (nSPS) is 21.4. The van der Waals surface area contributed by atoms with Crippen LogP contribution in [0.15, 0.2) is 25.3 Å². The van der Waals surface area contributed by atoms with Crippen molar-refractivity contribution in [3.05, 3.63) is 25.3 Å². The third kappa shape index (κ3) is 5.29. The quantitative estimate of drug-likeness (QED) is 0.600. The molecular formula is C16H27NO2. The van der Waals surface area contributed by atoms with Crippen molar-refractivity contribution in [1.29, 1.82) is 0 Å². The molecule has 0 aromatic carbocycles. The molecule has 3 heteroatoms. The fourth-order valence-electron chi connectivity index (χ4n) is 2.76. The van der Waals surface area contributed by atoms with Gasteiger partial charge in [-0.15, -0.1) is 13.2 Å². The molecule has 108 valence electrons. The molecule has 0 N–H and O–H groups in total. The Balaban J connectivity index is 2.65. The third-order valence-electron chi connectivity index (χ3n) is 3.64. The average molecular weight is 265 g/mol. The Morgan fingerprint density at radius 2 is 2.05 bits per heavy atom. The molecule has 1 rings (SSSR count). The summed E-state index contributed by atoms with van der Waals surface area (Å²) < 4.78 is 5.84. The van der Waals surface area contributed by atoms with Crippen LogP contribution in [0.1, 0.15) is 32.6 Å². The maximum Gasteiger partial charge on any atom is 0.138 e. The number of rotatable bonds is 9. The van der Waals surface area contributed by atoms with Crippen molar-refractivity contribution in [3.63, 3.8) is 0 Å². The number of hydrogen-bond acceptors (Lipinski definition) is 3. The van der Waals surface area contributed by atoms with Crippen molar-refractivity contribution < 1.29 is 9.53 Å². The van der Waals surface area contributed by atoms with Crippen LogP contribution in [0.2, 0.25) is 0 Å². The van der Waals surface area contributed by atoms with Crippen molar-refractivity contribution >= 4 is 5.78 Å². The minimum absolute atomic E-state index is 0.0118. The Kier molecular flexibility index (Phi) is 7.68. The maximum atomic E-state index is 12.1. The van der Waals surface area contributed by atoms with Gasteiger partial charge >= 0.3 is 0 Å². The fourth-order valence-corrected chi connectivity index (χ4v) is 2.76. The van der Waals surface area contributed by atoms with Gasteiger partial charge in [0.2, 0.25) is 0 Å². The van der Waals surface area contributed by atoms with Crippen LogP contribution in [0.5, 0.6) is 0 Å². The molecule has 19 heavy (non-hydrogen) atoms. The van der Waals surface area contributed by atoms with Gasteiger partial charge in [0.1, 0.15) is 5.78 Å². The summed E-state index contributed by atoms with van der Waals surface area (Å²) >= 11 is 0. The lowest BCUT2D eigenvalue weighted by molar-refractivity contribution is -0.131. The second kappa shape index (κ2) is 9.05. The van der Waals surface area contributed by atoms with Crippen LogP contribution in [0, 0.1) is 5.92 Å². The molecular weight excluding hydrogens is 238 g/mol. The lowest BCUT2D eigenvalue weighted by Crippen LogP contribution is -2.42. The van der Waals surface area contributed by atoms with E-state index in [1.54, 1.807) is 0 Å². The van der Waals surface area contributed by atoms with E-state index in [4.69, 9.17) is 4.74 Å². The number of carbonyl (C=O) groups excluding carboxylic acids is 1. The first-order valence-corrected chi connectivity index (χ1v) is 7.31. The van der Waals surface area contributed by atoms with E-state index < -0.39 is 0 Å². The molecule has 1 saturated carbocycles. The molecule has 0 aliphatic heterocycles. The number of ketones is 1. The van der Waals surface area contributed by atoms with E-state index in [9.17, 15) is 4.79 Å². The monoisotopic (exact) mass is 265 g/mol. The summed E-state index contributed by atoms with van der Waals surface area (Å²) in [7, 11) is 0. The highest BCUT2D eigenvalue weighted by Gasteiger charge is 2.31. The first-order chi connectivity index (χ1) is 9.22. The highest BCUT2D eigenvalue weighted by atomic mass is 16.5. The van der Waals surface area contributed by atoms with Gasteiger partial charge in [0.05, 0.1) is 6.10 Å². The minimum Gasteiger partial charge on any atom is -0.376 e. The summed E-state index contributed by atoms with van der Waals surface area (Å²) in [6, 6.07) is 0. The topological polar surface area (TPSA) is 29.5 Å². The van der Waals surface area contributed by atoms with Crippen molar-refractivity contribution in [2.75, 3.05) is 26.2 Å². The Labute approximate surface area is 117 Å². The summed E-state index contributed by atoms with van der Waals surface area (Å²) in [6.07, 6.45) is 7.65. The zero-order chi connectivity index (χ0) is 14.1. The van der Waals surface area contributed by atoms with E-state index in [0.29, 0.717) is 12.4 Å². The summed E-state index contributed by atoms with van der Waals surface area (Å²) in [5, 5.41) is 0. The standard InChI is InChI=1S/C16H27NO2/c1-4-11-17(12-5-2)13-16(19-6-3)14-9-7-8-10-15(14)18/h4-5,14,16H,1-2,6-13H2,3H3. The van der Waals surface area contributed by atoms with Crippen molar-refractivity contribution in [2.24, 2.45) is 5.92 Å². The molecule has 0 spiro atoms. The molecule has 1 aliphatic rings. The van der Waals surface area contributed by atoms with Crippen LogP contribution in [-0.2, 0) is 9.53 Å². The molecule has 3 nitrogen and oxygen atoms in total. The first kappa shape index (κ1) is 16.1. The number of hydrogen-bond donors (Lipinski definition) is 0. The lowest BCUT2D eigenvalue weighted by atomic mass is 9.83. The molecule has 1 aliphatic carbocycles. The van der Waals surface area contributed by atoms with E-state index in [-0.39, 0.29) is 12.0 Å². The van der Waals surface area contributed by atoms with Gasteiger partial charge < -0.3 is 4.74 Å². The zero-order valence-corrected chi connectivity index (χ0v) is 12.1. The van der Waals surface area contributed by atoms with E-state index >= 15 is 0 Å². The average Bonchev–Trinajstić information content (AvgIpc) is 2.39. The van der Waals surface area contributed by atoms with Gasteiger partial charge in [-0.3, -0.25) is 9.69 Å². The fraction of sp³-hybridized carbons (Fsp3) is 0.688. The maximum absolute atomic E-state index is 12.1. The molecule has 0 saturated heterocycles. The number of ether oxygens (including phenoxy) is 1. The van der Waals surface area contributed by atoms with Crippen LogP contribution in [0.4, 0.5) is 0 Å². The van der Waals surface area contributed by atoms with Gasteiger partial charge in [-0.1, -0.05) is 18.6 Å². The summed E-state index contributed by atoms with van der Waals surface area (Å²) in [5.41, 5.74) is 0. The Morgan fingerprint density at radius 3 is 2.58 bits per heavy atom. The smallest absolute Gasteiger partial charge is 0.138 e. The molecule has 0 heterocycles. The summed E-state index contributed by atoms with van der Waals surface area (Å²) in [4.78, 5) is 14.3.